The van der Waals surface area contributed by atoms with Gasteiger partial charge in [-0.05, 0) is 19.1 Å². The van der Waals surface area contributed by atoms with Crippen LogP contribution < -0.4 is 0 Å². The zero-order valence-corrected chi connectivity index (χ0v) is 5.20. The molecule has 0 saturated heterocycles. The number of carbonyl (C=O) groups is 1. The molecule has 1 atom stereocenters. The Labute approximate surface area is 53.8 Å². The summed E-state index contributed by atoms with van der Waals surface area (Å²) in [6.45, 7) is 1.89. The fourth-order valence-corrected chi connectivity index (χ4v) is 0.679. The van der Waals surface area contributed by atoms with Crippen LogP contribution in [0.5, 0.6) is 0 Å². The van der Waals surface area contributed by atoms with Crippen LogP contribution in [0.15, 0.2) is 24.3 Å². The molecule has 0 spiro atoms. The maximum atomic E-state index is 10.4. The molecule has 2 heteroatoms. The van der Waals surface area contributed by atoms with Crippen molar-refractivity contribution in [1.29, 1.82) is 0 Å². The Hall–Kier alpha value is -1.05. The van der Waals surface area contributed by atoms with Crippen molar-refractivity contribution in [2.24, 2.45) is 0 Å². The van der Waals surface area contributed by atoms with Crippen LogP contribution in [-0.2, 0) is 9.53 Å². The lowest BCUT2D eigenvalue weighted by molar-refractivity contribution is -0.137. The van der Waals surface area contributed by atoms with Crippen LogP contribution in [0, 0.1) is 0 Å². The minimum atomic E-state index is -0.252. The number of cyclic esters (lactones) is 1. The Morgan fingerprint density at radius 1 is 1.78 bits per heavy atom. The molecule has 1 aliphatic heterocycles. The van der Waals surface area contributed by atoms with Gasteiger partial charge in [0, 0.05) is 6.08 Å². The van der Waals surface area contributed by atoms with Crippen LogP contribution in [-0.4, -0.2) is 12.1 Å². The van der Waals surface area contributed by atoms with Gasteiger partial charge >= 0.3 is 5.97 Å². The Kier molecular flexibility index (Phi) is 1.68. The van der Waals surface area contributed by atoms with E-state index in [-0.39, 0.29) is 12.1 Å². The quantitative estimate of drug-likeness (QED) is 0.385. The molecule has 9 heavy (non-hydrogen) atoms. The lowest BCUT2D eigenvalue weighted by Gasteiger charge is -1.98. The monoisotopic (exact) mass is 124 g/mol. The molecule has 0 aromatic carbocycles. The Morgan fingerprint density at radius 2 is 2.56 bits per heavy atom. The smallest absolute Gasteiger partial charge is 0.331 e. The number of allylic oxidation sites excluding steroid dienone is 1. The number of hydrogen-bond acceptors (Lipinski definition) is 2. The number of rotatable bonds is 1. The van der Waals surface area contributed by atoms with Gasteiger partial charge in [-0.3, -0.25) is 0 Å². The first-order chi connectivity index (χ1) is 4.33. The molecule has 48 valence electrons. The van der Waals surface area contributed by atoms with Crippen LogP contribution in [0.25, 0.3) is 0 Å². The Balaban J connectivity index is 2.50. The molecular weight excluding hydrogens is 116 g/mol. The average molecular weight is 124 g/mol. The zero-order chi connectivity index (χ0) is 6.69. The number of ether oxygens (including phenoxy) is 1. The lowest BCUT2D eigenvalue weighted by atomic mass is 10.3. The van der Waals surface area contributed by atoms with Gasteiger partial charge in [0.05, 0.1) is 0 Å². The second-order valence-electron chi connectivity index (χ2n) is 1.79. The summed E-state index contributed by atoms with van der Waals surface area (Å²) in [7, 11) is 0. The normalized spacial score (nSPS) is 25.4. The molecule has 0 saturated carbocycles. The summed E-state index contributed by atoms with van der Waals surface area (Å²) in [4.78, 5) is 10.4. The highest BCUT2D eigenvalue weighted by Gasteiger charge is 2.11. The van der Waals surface area contributed by atoms with Gasteiger partial charge in [0.15, 0.2) is 0 Å². The van der Waals surface area contributed by atoms with Crippen molar-refractivity contribution in [3.63, 3.8) is 0 Å². The van der Waals surface area contributed by atoms with Crippen molar-refractivity contribution in [2.45, 2.75) is 13.0 Å². The van der Waals surface area contributed by atoms with E-state index in [0.717, 1.165) is 0 Å². The first kappa shape index (κ1) is 6.08. The van der Waals surface area contributed by atoms with Crippen LogP contribution in [0.2, 0.25) is 0 Å². The van der Waals surface area contributed by atoms with E-state index in [1.54, 1.807) is 6.08 Å². The predicted molar refractivity (Wildman–Crippen MR) is 33.8 cm³/mol. The van der Waals surface area contributed by atoms with E-state index in [2.05, 4.69) is 0 Å². The van der Waals surface area contributed by atoms with E-state index in [4.69, 9.17) is 4.74 Å². The van der Waals surface area contributed by atoms with E-state index < -0.39 is 0 Å². The van der Waals surface area contributed by atoms with Gasteiger partial charge in [-0.15, -0.1) is 0 Å². The van der Waals surface area contributed by atoms with Gasteiger partial charge < -0.3 is 4.74 Å². The minimum absolute atomic E-state index is 0.123. The lowest BCUT2D eigenvalue weighted by Crippen LogP contribution is -2.02. The SMILES string of the molecule is C/C=C\C1C=CC(=O)O1. The second kappa shape index (κ2) is 2.49. The van der Waals surface area contributed by atoms with Crippen molar-refractivity contribution in [3.8, 4) is 0 Å². The molecule has 1 rings (SSSR count). The first-order valence-corrected chi connectivity index (χ1v) is 2.84. The third-order valence-corrected chi connectivity index (χ3v) is 1.06. The second-order valence-corrected chi connectivity index (χ2v) is 1.79. The van der Waals surface area contributed by atoms with Crippen LogP contribution in [0.4, 0.5) is 0 Å². The third kappa shape index (κ3) is 1.42. The molecule has 0 N–H and O–H groups in total. The van der Waals surface area contributed by atoms with E-state index in [0.29, 0.717) is 0 Å². The first-order valence-electron chi connectivity index (χ1n) is 2.84. The molecule has 2 nitrogen and oxygen atoms in total. The molecule has 0 radical (unpaired) electrons. The average Bonchev–Trinajstić information content (AvgIpc) is 2.17. The summed E-state index contributed by atoms with van der Waals surface area (Å²) >= 11 is 0. The van der Waals surface area contributed by atoms with Gasteiger partial charge in [0.25, 0.3) is 0 Å². The summed E-state index contributed by atoms with van der Waals surface area (Å²) in [5.41, 5.74) is 0. The summed E-state index contributed by atoms with van der Waals surface area (Å²) in [6, 6.07) is 0. The molecule has 0 fully saturated rings. The van der Waals surface area contributed by atoms with Crippen molar-refractivity contribution in [1.82, 2.24) is 0 Å². The van der Waals surface area contributed by atoms with Gasteiger partial charge in [-0.2, -0.15) is 0 Å². The summed E-state index contributed by atoms with van der Waals surface area (Å²) in [5.74, 6) is -0.252. The summed E-state index contributed by atoms with van der Waals surface area (Å²) < 4.78 is 4.76. The number of carbonyl (C=O) groups excluding carboxylic acids is 1. The molecular formula is C7H8O2. The van der Waals surface area contributed by atoms with E-state index >= 15 is 0 Å². The van der Waals surface area contributed by atoms with Gasteiger partial charge in [-0.1, -0.05) is 6.08 Å². The molecule has 0 amide bonds. The van der Waals surface area contributed by atoms with Crippen molar-refractivity contribution in [2.75, 3.05) is 0 Å². The zero-order valence-electron chi connectivity index (χ0n) is 5.20. The molecule has 0 aromatic rings. The van der Waals surface area contributed by atoms with Crippen LogP contribution >= 0.6 is 0 Å². The molecule has 0 bridgehead atoms. The number of esters is 1. The van der Waals surface area contributed by atoms with Crippen LogP contribution in [0.3, 0.4) is 0 Å². The topological polar surface area (TPSA) is 26.3 Å². The van der Waals surface area contributed by atoms with Crippen molar-refractivity contribution in [3.05, 3.63) is 24.3 Å². The molecule has 1 aliphatic rings. The highest BCUT2D eigenvalue weighted by atomic mass is 16.5. The minimum Gasteiger partial charge on any atom is -0.451 e. The van der Waals surface area contributed by atoms with E-state index in [1.165, 1.54) is 6.08 Å². The molecule has 0 aromatic heterocycles. The molecule has 1 heterocycles. The van der Waals surface area contributed by atoms with Crippen molar-refractivity contribution < 1.29 is 9.53 Å². The fraction of sp³-hybridized carbons (Fsp3) is 0.286. The van der Waals surface area contributed by atoms with Gasteiger partial charge in [0.1, 0.15) is 6.10 Å². The standard InChI is InChI=1S/C7H8O2/c1-2-3-6-4-5-7(8)9-6/h2-6H,1H3/b3-2-. The summed E-state index contributed by atoms with van der Waals surface area (Å²) in [5, 5.41) is 0. The number of hydrogen-bond donors (Lipinski definition) is 0. The third-order valence-electron chi connectivity index (χ3n) is 1.06. The maximum absolute atomic E-state index is 10.4. The van der Waals surface area contributed by atoms with Gasteiger partial charge in [0.2, 0.25) is 0 Å². The fourth-order valence-electron chi connectivity index (χ4n) is 0.679. The molecule has 0 aliphatic carbocycles. The molecule has 1 unspecified atom stereocenters. The van der Waals surface area contributed by atoms with E-state index in [9.17, 15) is 4.79 Å². The summed E-state index contributed by atoms with van der Waals surface area (Å²) in [6.07, 6.45) is 6.71. The van der Waals surface area contributed by atoms with Gasteiger partial charge in [-0.25, -0.2) is 4.79 Å². The predicted octanol–water partition coefficient (Wildman–Crippen LogP) is 1.04. The largest absolute Gasteiger partial charge is 0.451 e. The maximum Gasteiger partial charge on any atom is 0.331 e. The highest BCUT2D eigenvalue weighted by molar-refractivity contribution is 5.84. The van der Waals surface area contributed by atoms with Crippen molar-refractivity contribution >= 4 is 5.97 Å². The highest BCUT2D eigenvalue weighted by Crippen LogP contribution is 2.05. The Morgan fingerprint density at radius 3 is 3.00 bits per heavy atom. The van der Waals surface area contributed by atoms with E-state index in [1.807, 2.05) is 19.1 Å². The van der Waals surface area contributed by atoms with Crippen LogP contribution in [0.1, 0.15) is 6.92 Å². The Bertz CT molecular complexity index is 168.